The summed E-state index contributed by atoms with van der Waals surface area (Å²) in [4.78, 5) is 37.8. The molecule has 0 radical (unpaired) electrons. The van der Waals surface area contributed by atoms with Crippen molar-refractivity contribution in [2.45, 2.75) is 38.8 Å². The van der Waals surface area contributed by atoms with Gasteiger partial charge in [0.05, 0.1) is 12.6 Å². The first-order valence-corrected chi connectivity index (χ1v) is 9.47. The molecule has 2 heterocycles. The maximum atomic E-state index is 12.2. The molecule has 0 spiro atoms. The van der Waals surface area contributed by atoms with Gasteiger partial charge in [-0.1, -0.05) is 13.8 Å². The number of nitrogens with zero attached hydrogens (tertiary/aromatic N) is 1. The lowest BCUT2D eigenvalue weighted by Crippen LogP contribution is -2.51. The van der Waals surface area contributed by atoms with Crippen molar-refractivity contribution in [2.24, 2.45) is 11.7 Å². The first kappa shape index (κ1) is 22.4. The molecule has 0 saturated carbocycles. The van der Waals surface area contributed by atoms with Crippen LogP contribution in [0.5, 0.6) is 0 Å². The van der Waals surface area contributed by atoms with E-state index in [4.69, 9.17) is 5.73 Å². The SMILES string of the molecule is CC(C)[C@H](N)C(=O)NCC(=O)N1CCC(NC(=O)c2ccsc2)CC1.Cl. The van der Waals surface area contributed by atoms with Crippen LogP contribution in [0, 0.1) is 5.92 Å². The Labute approximate surface area is 164 Å². The quantitative estimate of drug-likeness (QED) is 0.659. The predicted octanol–water partition coefficient (Wildman–Crippen LogP) is 0.990. The van der Waals surface area contributed by atoms with Crippen LogP contribution in [0.15, 0.2) is 16.8 Å². The Kier molecular flexibility index (Phi) is 9.04. The van der Waals surface area contributed by atoms with Gasteiger partial charge >= 0.3 is 0 Å². The lowest BCUT2D eigenvalue weighted by atomic mass is 10.0. The van der Waals surface area contributed by atoms with Crippen molar-refractivity contribution < 1.29 is 14.4 Å². The summed E-state index contributed by atoms with van der Waals surface area (Å²) in [5.74, 6) is -0.466. The molecule has 0 bridgehead atoms. The Hall–Kier alpha value is -1.64. The van der Waals surface area contributed by atoms with Crippen molar-refractivity contribution >= 4 is 41.5 Å². The molecule has 7 nitrogen and oxygen atoms in total. The Bertz CT molecular complexity index is 601. The van der Waals surface area contributed by atoms with Crippen LogP contribution in [-0.4, -0.2) is 54.3 Å². The van der Waals surface area contributed by atoms with Gasteiger partial charge in [0.2, 0.25) is 11.8 Å². The van der Waals surface area contributed by atoms with Crippen molar-refractivity contribution in [3.8, 4) is 0 Å². The van der Waals surface area contributed by atoms with Gasteiger partial charge in [-0.2, -0.15) is 11.3 Å². The Morgan fingerprint density at radius 1 is 1.31 bits per heavy atom. The average Bonchev–Trinajstić information content (AvgIpc) is 3.14. The Balaban J connectivity index is 0.00000338. The van der Waals surface area contributed by atoms with E-state index in [0.29, 0.717) is 31.5 Å². The number of nitrogens with one attached hydrogen (secondary N) is 2. The zero-order valence-electron chi connectivity index (χ0n) is 15.1. The summed E-state index contributed by atoms with van der Waals surface area (Å²) in [6, 6.07) is 1.26. The highest BCUT2D eigenvalue weighted by molar-refractivity contribution is 7.08. The second-order valence-corrected chi connectivity index (χ2v) is 7.41. The molecule has 0 aromatic carbocycles. The minimum Gasteiger partial charge on any atom is -0.349 e. The van der Waals surface area contributed by atoms with Crippen molar-refractivity contribution in [2.75, 3.05) is 19.6 Å². The zero-order chi connectivity index (χ0) is 18.4. The largest absolute Gasteiger partial charge is 0.349 e. The van der Waals surface area contributed by atoms with E-state index in [1.54, 1.807) is 11.0 Å². The molecule has 9 heteroatoms. The van der Waals surface area contributed by atoms with Crippen molar-refractivity contribution in [3.05, 3.63) is 22.4 Å². The molecule has 0 unspecified atom stereocenters. The molecule has 1 fully saturated rings. The number of halogens is 1. The normalized spacial score (nSPS) is 15.9. The average molecular weight is 403 g/mol. The number of amides is 3. The summed E-state index contributed by atoms with van der Waals surface area (Å²) in [7, 11) is 0. The van der Waals surface area contributed by atoms with E-state index in [-0.39, 0.29) is 48.6 Å². The van der Waals surface area contributed by atoms with Gasteiger partial charge < -0.3 is 21.3 Å². The fourth-order valence-corrected chi connectivity index (χ4v) is 3.27. The fourth-order valence-electron chi connectivity index (χ4n) is 2.63. The zero-order valence-corrected chi connectivity index (χ0v) is 16.7. The monoisotopic (exact) mass is 402 g/mol. The van der Waals surface area contributed by atoms with Crippen LogP contribution in [0.1, 0.15) is 37.0 Å². The molecule has 1 aliphatic rings. The number of hydrogen-bond acceptors (Lipinski definition) is 5. The van der Waals surface area contributed by atoms with E-state index in [2.05, 4.69) is 10.6 Å². The van der Waals surface area contributed by atoms with Crippen molar-refractivity contribution in [1.82, 2.24) is 15.5 Å². The minimum atomic E-state index is -0.606. The number of nitrogens with two attached hydrogens (primary N) is 1. The highest BCUT2D eigenvalue weighted by atomic mass is 35.5. The van der Waals surface area contributed by atoms with Crippen LogP contribution < -0.4 is 16.4 Å². The summed E-state index contributed by atoms with van der Waals surface area (Å²) >= 11 is 1.49. The maximum Gasteiger partial charge on any atom is 0.252 e. The molecule has 3 amide bonds. The third kappa shape index (κ3) is 6.26. The number of piperidine rings is 1. The highest BCUT2D eigenvalue weighted by Crippen LogP contribution is 2.12. The number of carbonyl (C=O) groups excluding carboxylic acids is 3. The lowest BCUT2D eigenvalue weighted by Gasteiger charge is -2.32. The molecule has 1 atom stereocenters. The molecule has 1 saturated heterocycles. The summed E-state index contributed by atoms with van der Waals surface area (Å²) in [6.07, 6.45) is 1.42. The van der Waals surface area contributed by atoms with Gasteiger partial charge in [-0.3, -0.25) is 14.4 Å². The molecular formula is C17H27ClN4O3S. The summed E-state index contributed by atoms with van der Waals surface area (Å²) in [5.41, 5.74) is 6.43. The van der Waals surface area contributed by atoms with Gasteiger partial charge in [0, 0.05) is 30.1 Å². The molecule has 146 valence electrons. The van der Waals surface area contributed by atoms with Gasteiger partial charge in [0.1, 0.15) is 0 Å². The van der Waals surface area contributed by atoms with E-state index in [0.717, 1.165) is 0 Å². The second-order valence-electron chi connectivity index (χ2n) is 6.63. The number of likely N-dealkylation sites (tertiary alicyclic amines) is 1. The van der Waals surface area contributed by atoms with Gasteiger partial charge in [-0.25, -0.2) is 0 Å². The van der Waals surface area contributed by atoms with E-state index < -0.39 is 6.04 Å². The molecule has 1 aromatic heterocycles. The first-order valence-electron chi connectivity index (χ1n) is 8.52. The van der Waals surface area contributed by atoms with E-state index >= 15 is 0 Å². The second kappa shape index (κ2) is 10.5. The Morgan fingerprint density at radius 2 is 1.96 bits per heavy atom. The van der Waals surface area contributed by atoms with Gasteiger partial charge in [0.15, 0.2) is 0 Å². The van der Waals surface area contributed by atoms with Gasteiger partial charge in [-0.05, 0) is 30.2 Å². The first-order chi connectivity index (χ1) is 11.9. The third-order valence-corrected chi connectivity index (χ3v) is 5.08. The standard InChI is InChI=1S/C17H26N4O3S.ClH/c1-11(2)15(18)17(24)19-9-14(22)21-6-3-13(4-7-21)20-16(23)12-5-8-25-10-12;/h5,8,10-11,13,15H,3-4,6-7,9,18H2,1-2H3,(H,19,24)(H,20,23);1H/t15-;/m0./s1. The van der Waals surface area contributed by atoms with Crippen LogP contribution in [0.3, 0.4) is 0 Å². The van der Waals surface area contributed by atoms with Crippen LogP contribution >= 0.6 is 23.7 Å². The number of thiophene rings is 1. The smallest absolute Gasteiger partial charge is 0.252 e. The molecule has 0 aliphatic carbocycles. The molecule has 26 heavy (non-hydrogen) atoms. The van der Waals surface area contributed by atoms with Gasteiger partial charge in [0.25, 0.3) is 5.91 Å². The van der Waals surface area contributed by atoms with E-state index in [1.807, 2.05) is 24.6 Å². The van der Waals surface area contributed by atoms with Crippen LogP contribution in [0.25, 0.3) is 0 Å². The van der Waals surface area contributed by atoms with E-state index in [1.165, 1.54) is 11.3 Å². The van der Waals surface area contributed by atoms with Gasteiger partial charge in [-0.15, -0.1) is 12.4 Å². The molecule has 4 N–H and O–H groups in total. The predicted molar refractivity (Wildman–Crippen MR) is 104 cm³/mol. The summed E-state index contributed by atoms with van der Waals surface area (Å²) in [5, 5.41) is 9.29. The van der Waals surface area contributed by atoms with Crippen LogP contribution in [-0.2, 0) is 9.59 Å². The molecular weight excluding hydrogens is 376 g/mol. The number of hydrogen-bond donors (Lipinski definition) is 3. The fraction of sp³-hybridized carbons (Fsp3) is 0.588. The van der Waals surface area contributed by atoms with Crippen LogP contribution in [0.4, 0.5) is 0 Å². The summed E-state index contributed by atoms with van der Waals surface area (Å²) in [6.45, 7) is 4.83. The molecule has 1 aliphatic heterocycles. The third-order valence-electron chi connectivity index (χ3n) is 4.40. The molecule has 2 rings (SSSR count). The van der Waals surface area contributed by atoms with Crippen molar-refractivity contribution in [3.63, 3.8) is 0 Å². The Morgan fingerprint density at radius 3 is 2.50 bits per heavy atom. The minimum absolute atomic E-state index is 0. The van der Waals surface area contributed by atoms with Crippen molar-refractivity contribution in [1.29, 1.82) is 0 Å². The maximum absolute atomic E-state index is 12.2. The molecule has 1 aromatic rings. The number of carbonyl (C=O) groups is 3. The lowest BCUT2D eigenvalue weighted by molar-refractivity contribution is -0.134. The summed E-state index contributed by atoms with van der Waals surface area (Å²) < 4.78 is 0. The highest BCUT2D eigenvalue weighted by Gasteiger charge is 2.25. The number of rotatable bonds is 6. The topological polar surface area (TPSA) is 105 Å². The van der Waals surface area contributed by atoms with Crippen LogP contribution in [0.2, 0.25) is 0 Å². The van der Waals surface area contributed by atoms with E-state index in [9.17, 15) is 14.4 Å².